The zero-order valence-corrected chi connectivity index (χ0v) is 11.5. The number of benzene rings is 2. The molecule has 6 heteroatoms. The maximum Gasteiger partial charge on any atom is 0.269 e. The first kappa shape index (κ1) is 14.9. The Morgan fingerprint density at radius 2 is 1.90 bits per heavy atom. The fourth-order valence-corrected chi connectivity index (χ4v) is 1.88. The van der Waals surface area contributed by atoms with Crippen LogP contribution in [0.5, 0.6) is 5.75 Å². The van der Waals surface area contributed by atoms with E-state index in [0.29, 0.717) is 24.4 Å². The third kappa shape index (κ3) is 4.00. The summed E-state index contributed by atoms with van der Waals surface area (Å²) in [5, 5.41) is 13.6. The summed E-state index contributed by atoms with van der Waals surface area (Å²) in [4.78, 5) is 10.1. The number of nitrogens with one attached hydrogen (secondary N) is 1. The molecule has 5 nitrogen and oxygen atoms in total. The van der Waals surface area contributed by atoms with E-state index in [-0.39, 0.29) is 11.5 Å². The van der Waals surface area contributed by atoms with Gasteiger partial charge in [-0.1, -0.05) is 18.2 Å². The molecule has 0 heterocycles. The van der Waals surface area contributed by atoms with E-state index in [1.165, 1.54) is 25.3 Å². The molecule has 0 aliphatic heterocycles. The van der Waals surface area contributed by atoms with Gasteiger partial charge >= 0.3 is 0 Å². The monoisotopic (exact) mass is 290 g/mol. The summed E-state index contributed by atoms with van der Waals surface area (Å²) in [6.45, 7) is 0.871. The van der Waals surface area contributed by atoms with Gasteiger partial charge in [-0.25, -0.2) is 4.39 Å². The van der Waals surface area contributed by atoms with Gasteiger partial charge in [0.25, 0.3) is 5.69 Å². The maximum absolute atomic E-state index is 13.7. The van der Waals surface area contributed by atoms with Crippen LogP contribution in [-0.4, -0.2) is 12.0 Å². The van der Waals surface area contributed by atoms with Gasteiger partial charge in [0.1, 0.15) is 11.6 Å². The second kappa shape index (κ2) is 6.81. The van der Waals surface area contributed by atoms with Gasteiger partial charge < -0.3 is 10.1 Å². The van der Waals surface area contributed by atoms with E-state index in [1.807, 2.05) is 0 Å². The van der Waals surface area contributed by atoms with Crippen molar-refractivity contribution in [1.82, 2.24) is 5.32 Å². The molecular formula is C15H15FN2O3. The van der Waals surface area contributed by atoms with Crippen molar-refractivity contribution in [2.24, 2.45) is 0 Å². The predicted molar refractivity (Wildman–Crippen MR) is 76.6 cm³/mol. The summed E-state index contributed by atoms with van der Waals surface area (Å²) >= 11 is 0. The second-order valence-corrected chi connectivity index (χ2v) is 4.48. The minimum absolute atomic E-state index is 0.0555. The number of hydrogen-bond donors (Lipinski definition) is 1. The SMILES string of the molecule is COc1ccc(CNCc2ccc([N+](=O)[O-])cc2)c(F)c1. The predicted octanol–water partition coefficient (Wildman–Crippen LogP) is 3.03. The van der Waals surface area contributed by atoms with Crippen molar-refractivity contribution in [2.75, 3.05) is 7.11 Å². The van der Waals surface area contributed by atoms with Gasteiger partial charge in [-0.3, -0.25) is 10.1 Å². The third-order valence-electron chi connectivity index (χ3n) is 3.05. The minimum atomic E-state index is -0.441. The van der Waals surface area contributed by atoms with E-state index >= 15 is 0 Å². The van der Waals surface area contributed by atoms with Crippen LogP contribution in [0.25, 0.3) is 0 Å². The first-order valence-corrected chi connectivity index (χ1v) is 6.36. The van der Waals surface area contributed by atoms with Crippen molar-refractivity contribution < 1.29 is 14.1 Å². The molecule has 0 unspecified atom stereocenters. The smallest absolute Gasteiger partial charge is 0.269 e. The van der Waals surface area contributed by atoms with Gasteiger partial charge in [0.15, 0.2) is 0 Å². The van der Waals surface area contributed by atoms with Crippen molar-refractivity contribution in [3.05, 3.63) is 69.5 Å². The van der Waals surface area contributed by atoms with E-state index in [0.717, 1.165) is 5.56 Å². The van der Waals surface area contributed by atoms with Gasteiger partial charge in [0.2, 0.25) is 0 Å². The fraction of sp³-hybridized carbons (Fsp3) is 0.200. The lowest BCUT2D eigenvalue weighted by Gasteiger charge is -2.07. The van der Waals surface area contributed by atoms with E-state index in [4.69, 9.17) is 4.74 Å². The normalized spacial score (nSPS) is 10.4. The number of nitro benzene ring substituents is 1. The van der Waals surface area contributed by atoms with E-state index in [9.17, 15) is 14.5 Å². The quantitative estimate of drug-likeness (QED) is 0.656. The van der Waals surface area contributed by atoms with Crippen molar-refractivity contribution in [1.29, 1.82) is 0 Å². The highest BCUT2D eigenvalue weighted by Crippen LogP contribution is 2.16. The highest BCUT2D eigenvalue weighted by Gasteiger charge is 2.05. The Bertz CT molecular complexity index is 629. The van der Waals surface area contributed by atoms with Crippen molar-refractivity contribution in [3.63, 3.8) is 0 Å². The number of ether oxygens (including phenoxy) is 1. The summed E-state index contributed by atoms with van der Waals surface area (Å²) in [7, 11) is 1.49. The number of halogens is 1. The zero-order chi connectivity index (χ0) is 15.2. The molecule has 2 aromatic carbocycles. The number of rotatable bonds is 6. The Morgan fingerprint density at radius 3 is 2.48 bits per heavy atom. The van der Waals surface area contributed by atoms with E-state index in [1.54, 1.807) is 24.3 Å². The standard InChI is InChI=1S/C15H15FN2O3/c1-21-14-7-4-12(15(16)8-14)10-17-9-11-2-5-13(6-3-11)18(19)20/h2-8,17H,9-10H2,1H3. The Kier molecular flexibility index (Phi) is 4.84. The van der Waals surface area contributed by atoms with Crippen LogP contribution in [0.3, 0.4) is 0 Å². The molecule has 0 spiro atoms. The van der Waals surface area contributed by atoms with Crippen LogP contribution < -0.4 is 10.1 Å². The fourth-order valence-electron chi connectivity index (χ4n) is 1.88. The molecule has 110 valence electrons. The number of hydrogen-bond acceptors (Lipinski definition) is 4. The molecule has 0 bridgehead atoms. The molecule has 0 aliphatic carbocycles. The summed E-state index contributed by atoms with van der Waals surface area (Å²) in [6, 6.07) is 11.0. The maximum atomic E-state index is 13.7. The zero-order valence-electron chi connectivity index (χ0n) is 11.5. The molecule has 0 amide bonds. The lowest BCUT2D eigenvalue weighted by atomic mass is 10.1. The lowest BCUT2D eigenvalue weighted by Crippen LogP contribution is -2.13. The van der Waals surface area contributed by atoms with Gasteiger partial charge in [0, 0.05) is 36.9 Å². The molecule has 0 atom stereocenters. The van der Waals surface area contributed by atoms with Gasteiger partial charge in [-0.15, -0.1) is 0 Å². The average Bonchev–Trinajstić information content (AvgIpc) is 2.49. The van der Waals surface area contributed by atoms with Crippen LogP contribution in [0, 0.1) is 15.9 Å². The van der Waals surface area contributed by atoms with Crippen molar-refractivity contribution in [3.8, 4) is 5.75 Å². The number of nitro groups is 1. The number of non-ortho nitro benzene ring substituents is 1. The summed E-state index contributed by atoms with van der Waals surface area (Å²) < 4.78 is 18.6. The molecule has 0 aliphatic rings. The molecule has 0 saturated heterocycles. The van der Waals surface area contributed by atoms with E-state index < -0.39 is 4.92 Å². The first-order chi connectivity index (χ1) is 10.1. The first-order valence-electron chi connectivity index (χ1n) is 6.36. The molecule has 2 rings (SSSR count). The van der Waals surface area contributed by atoms with E-state index in [2.05, 4.69) is 5.32 Å². The summed E-state index contributed by atoms with van der Waals surface area (Å²) in [5.74, 6) is 0.150. The summed E-state index contributed by atoms with van der Waals surface area (Å²) in [5.41, 5.74) is 1.49. The number of methoxy groups -OCH3 is 1. The van der Waals surface area contributed by atoms with Gasteiger partial charge in [-0.2, -0.15) is 0 Å². The van der Waals surface area contributed by atoms with Crippen LogP contribution in [0.2, 0.25) is 0 Å². The highest BCUT2D eigenvalue weighted by molar-refractivity contribution is 5.33. The van der Waals surface area contributed by atoms with Crippen LogP contribution in [0.4, 0.5) is 10.1 Å². The van der Waals surface area contributed by atoms with Gasteiger partial charge in [-0.05, 0) is 11.6 Å². The van der Waals surface area contributed by atoms with Crippen molar-refractivity contribution in [2.45, 2.75) is 13.1 Å². The molecule has 0 aromatic heterocycles. The Morgan fingerprint density at radius 1 is 1.19 bits per heavy atom. The molecule has 0 fully saturated rings. The molecule has 2 aromatic rings. The third-order valence-corrected chi connectivity index (χ3v) is 3.05. The van der Waals surface area contributed by atoms with Crippen LogP contribution in [0.1, 0.15) is 11.1 Å². The summed E-state index contributed by atoms with van der Waals surface area (Å²) in [6.07, 6.45) is 0. The molecule has 0 saturated carbocycles. The molecule has 1 N–H and O–H groups in total. The second-order valence-electron chi connectivity index (χ2n) is 4.48. The topological polar surface area (TPSA) is 64.4 Å². The average molecular weight is 290 g/mol. The highest BCUT2D eigenvalue weighted by atomic mass is 19.1. The lowest BCUT2D eigenvalue weighted by molar-refractivity contribution is -0.384. The van der Waals surface area contributed by atoms with Crippen molar-refractivity contribution >= 4 is 5.69 Å². The van der Waals surface area contributed by atoms with Crippen LogP contribution in [-0.2, 0) is 13.1 Å². The Hall–Kier alpha value is -2.47. The van der Waals surface area contributed by atoms with Gasteiger partial charge in [0.05, 0.1) is 12.0 Å². The largest absolute Gasteiger partial charge is 0.497 e. The van der Waals surface area contributed by atoms with Crippen LogP contribution >= 0.6 is 0 Å². The van der Waals surface area contributed by atoms with Crippen LogP contribution in [0.15, 0.2) is 42.5 Å². The minimum Gasteiger partial charge on any atom is -0.497 e. The number of nitrogens with zero attached hydrogens (tertiary/aromatic N) is 1. The molecule has 21 heavy (non-hydrogen) atoms. The Balaban J connectivity index is 1.90. The Labute approximate surface area is 121 Å². The molecule has 0 radical (unpaired) electrons. The molecular weight excluding hydrogens is 275 g/mol.